The van der Waals surface area contributed by atoms with Gasteiger partial charge in [-0.3, -0.25) is 4.79 Å². The molecule has 0 bridgehead atoms. The second-order valence-electron chi connectivity index (χ2n) is 10.3. The lowest BCUT2D eigenvalue weighted by molar-refractivity contribution is 0.391. The maximum Gasteiger partial charge on any atom is 0.262 e. The fraction of sp³-hybridized carbons (Fsp3) is 0.171. The Bertz CT molecular complexity index is 2180. The molecule has 45 heavy (non-hydrogen) atoms. The van der Waals surface area contributed by atoms with Crippen LogP contribution in [0.4, 0.5) is 0 Å². The summed E-state index contributed by atoms with van der Waals surface area (Å²) >= 11 is 0. The van der Waals surface area contributed by atoms with Crippen LogP contribution < -0.4 is 29.1 Å². The fourth-order valence-corrected chi connectivity index (χ4v) is 5.83. The van der Waals surface area contributed by atoms with Crippen LogP contribution in [0.25, 0.3) is 43.8 Å². The van der Waals surface area contributed by atoms with Gasteiger partial charge in [-0.2, -0.15) is 0 Å². The molecule has 3 N–H and O–H groups in total. The summed E-state index contributed by atoms with van der Waals surface area (Å²) in [6, 6.07) is 16.4. The van der Waals surface area contributed by atoms with E-state index in [4.69, 9.17) is 28.1 Å². The maximum absolute atomic E-state index is 13.5. The van der Waals surface area contributed by atoms with Gasteiger partial charge < -0.3 is 43.4 Å². The van der Waals surface area contributed by atoms with E-state index >= 15 is 0 Å². The van der Waals surface area contributed by atoms with E-state index in [1.54, 1.807) is 44.6 Å². The third-order valence-electron chi connectivity index (χ3n) is 7.92. The smallest absolute Gasteiger partial charge is 0.262 e. The molecule has 10 heteroatoms. The van der Waals surface area contributed by atoms with Gasteiger partial charge in [0.25, 0.3) is 5.43 Å². The van der Waals surface area contributed by atoms with E-state index in [-0.39, 0.29) is 35.2 Å². The molecule has 230 valence electrons. The van der Waals surface area contributed by atoms with Gasteiger partial charge in [-0.15, -0.1) is 0 Å². The van der Waals surface area contributed by atoms with Gasteiger partial charge in [0.1, 0.15) is 34.2 Å². The van der Waals surface area contributed by atoms with Crippen molar-refractivity contribution in [2.24, 2.45) is 0 Å². The average molecular weight is 611 g/mol. The van der Waals surface area contributed by atoms with Crippen molar-refractivity contribution in [2.45, 2.75) is 6.42 Å². The highest BCUT2D eigenvalue weighted by Gasteiger charge is 2.27. The Morgan fingerprint density at radius 2 is 1.42 bits per heavy atom. The van der Waals surface area contributed by atoms with E-state index in [0.29, 0.717) is 66.6 Å². The largest absolute Gasteiger partial charge is 0.508 e. The lowest BCUT2D eigenvalue weighted by Gasteiger charge is -2.21. The van der Waals surface area contributed by atoms with Crippen LogP contribution in [0.2, 0.25) is 0 Å². The number of phenolic OH excluding ortho intramolecular Hbond substituents is 3. The van der Waals surface area contributed by atoms with E-state index in [1.807, 2.05) is 12.1 Å². The van der Waals surface area contributed by atoms with Crippen molar-refractivity contribution >= 4 is 32.7 Å². The van der Waals surface area contributed by atoms with Crippen LogP contribution in [-0.4, -0.2) is 50.9 Å². The molecule has 0 unspecified atom stereocenters. The molecule has 1 aromatic heterocycles. The van der Waals surface area contributed by atoms with E-state index in [2.05, 4.69) is 0 Å². The number of hydrogen-bond acceptors (Lipinski definition) is 10. The highest BCUT2D eigenvalue weighted by atomic mass is 16.5. The van der Waals surface area contributed by atoms with Crippen LogP contribution in [0.5, 0.6) is 46.0 Å². The Kier molecular flexibility index (Phi) is 7.41. The van der Waals surface area contributed by atoms with Gasteiger partial charge in [-0.05, 0) is 47.3 Å². The van der Waals surface area contributed by atoms with Crippen molar-refractivity contribution in [2.75, 3.05) is 35.5 Å². The molecule has 10 nitrogen and oxygen atoms in total. The SMILES string of the molecule is COc1ccc(Cc2c(-c3ccc(O)cc3OC)c3cc(OC)c(=O)c(OC)c3c3cc4cc(O)c(O)cc4oc23)c(OC)c1. The highest BCUT2D eigenvalue weighted by Crippen LogP contribution is 2.48. The molecule has 0 radical (unpaired) electrons. The zero-order chi connectivity index (χ0) is 32.0. The van der Waals surface area contributed by atoms with Crippen LogP contribution >= 0.6 is 0 Å². The summed E-state index contributed by atoms with van der Waals surface area (Å²) in [4.78, 5) is 13.5. The number of phenols is 3. The topological polar surface area (TPSA) is 137 Å². The first-order valence-corrected chi connectivity index (χ1v) is 13.8. The number of methoxy groups -OCH3 is 5. The summed E-state index contributed by atoms with van der Waals surface area (Å²) in [6.45, 7) is 0. The Morgan fingerprint density at radius 1 is 0.689 bits per heavy atom. The molecule has 1 heterocycles. The first-order valence-electron chi connectivity index (χ1n) is 13.8. The summed E-state index contributed by atoms with van der Waals surface area (Å²) in [5, 5.41) is 33.0. The lowest BCUT2D eigenvalue weighted by atomic mass is 9.86. The number of fused-ring (bicyclic) bond motifs is 4. The van der Waals surface area contributed by atoms with Gasteiger partial charge >= 0.3 is 0 Å². The predicted octanol–water partition coefficient (Wildman–Crippen LogP) is 6.52. The molecule has 5 aromatic carbocycles. The Morgan fingerprint density at radius 3 is 2.11 bits per heavy atom. The Labute approximate surface area is 257 Å². The molecule has 0 saturated heterocycles. The summed E-state index contributed by atoms with van der Waals surface area (Å²) in [7, 11) is 7.45. The van der Waals surface area contributed by atoms with Crippen molar-refractivity contribution in [1.29, 1.82) is 0 Å². The molecule has 6 aromatic rings. The molecule has 6 rings (SSSR count). The number of ether oxygens (including phenoxy) is 5. The highest BCUT2D eigenvalue weighted by molar-refractivity contribution is 6.19. The van der Waals surface area contributed by atoms with E-state index in [0.717, 1.165) is 5.56 Å². The maximum atomic E-state index is 13.5. The second kappa shape index (κ2) is 11.4. The van der Waals surface area contributed by atoms with E-state index < -0.39 is 5.43 Å². The van der Waals surface area contributed by atoms with Crippen LogP contribution in [0, 0.1) is 0 Å². The van der Waals surface area contributed by atoms with Crippen molar-refractivity contribution in [3.8, 4) is 57.1 Å². The number of benzene rings is 5. The second-order valence-corrected chi connectivity index (χ2v) is 10.3. The third-order valence-corrected chi connectivity index (χ3v) is 7.92. The Balaban J connectivity index is 1.88. The van der Waals surface area contributed by atoms with Gasteiger partial charge in [0.15, 0.2) is 23.0 Å². The normalized spacial score (nSPS) is 11.2. The number of hydrogen-bond donors (Lipinski definition) is 3. The summed E-state index contributed by atoms with van der Waals surface area (Å²) in [6.07, 6.45) is 0.266. The van der Waals surface area contributed by atoms with Crippen molar-refractivity contribution in [3.63, 3.8) is 0 Å². The molecule has 0 amide bonds. The molecule has 0 saturated carbocycles. The number of aromatic hydroxyl groups is 3. The zero-order valence-electron chi connectivity index (χ0n) is 25.2. The first-order chi connectivity index (χ1) is 21.7. The molecule has 0 aliphatic heterocycles. The van der Waals surface area contributed by atoms with E-state index in [9.17, 15) is 20.1 Å². The number of rotatable bonds is 8. The summed E-state index contributed by atoms with van der Waals surface area (Å²) in [5.41, 5.74) is 2.88. The Hall–Kier alpha value is -5.77. The van der Waals surface area contributed by atoms with Gasteiger partial charge in [-0.1, -0.05) is 6.07 Å². The average Bonchev–Trinajstić information content (AvgIpc) is 3.05. The van der Waals surface area contributed by atoms with Crippen LogP contribution in [-0.2, 0) is 6.42 Å². The quantitative estimate of drug-likeness (QED) is 0.0993. The predicted molar refractivity (Wildman–Crippen MR) is 170 cm³/mol. The van der Waals surface area contributed by atoms with E-state index in [1.165, 1.54) is 39.5 Å². The van der Waals surface area contributed by atoms with Crippen LogP contribution in [0.15, 0.2) is 69.9 Å². The molecular weight excluding hydrogens is 580 g/mol. The first kappa shape index (κ1) is 29.3. The molecular formula is C35H30O10. The lowest BCUT2D eigenvalue weighted by Crippen LogP contribution is -2.10. The minimum atomic E-state index is -0.462. The molecule has 0 fully saturated rings. The molecule has 0 aliphatic rings. The fourth-order valence-electron chi connectivity index (χ4n) is 5.83. The van der Waals surface area contributed by atoms with Gasteiger partial charge in [-0.25, -0.2) is 0 Å². The van der Waals surface area contributed by atoms with Gasteiger partial charge in [0.2, 0.25) is 0 Å². The minimum absolute atomic E-state index is 0.00189. The van der Waals surface area contributed by atoms with Crippen molar-refractivity contribution in [1.82, 2.24) is 0 Å². The van der Waals surface area contributed by atoms with Gasteiger partial charge in [0, 0.05) is 57.5 Å². The summed E-state index contributed by atoms with van der Waals surface area (Å²) in [5.74, 6) is 0.962. The summed E-state index contributed by atoms with van der Waals surface area (Å²) < 4.78 is 34.7. The van der Waals surface area contributed by atoms with Crippen molar-refractivity contribution < 1.29 is 43.4 Å². The minimum Gasteiger partial charge on any atom is -0.508 e. The molecule has 0 atom stereocenters. The van der Waals surface area contributed by atoms with Crippen molar-refractivity contribution in [3.05, 3.63) is 82.0 Å². The van der Waals surface area contributed by atoms with Crippen LogP contribution in [0.1, 0.15) is 11.1 Å². The zero-order valence-corrected chi connectivity index (χ0v) is 25.2. The monoisotopic (exact) mass is 610 g/mol. The third kappa shape index (κ3) is 4.80. The molecule has 0 spiro atoms. The van der Waals surface area contributed by atoms with Gasteiger partial charge in [0.05, 0.1) is 35.5 Å². The standard InChI is InChI=1S/C35H30O10/c1-40-20-8-6-17(27(14-20)41-2)10-23-31(21-9-7-19(36)13-29(21)42-3)22-15-30(43-4)33(39)35(44-5)32(22)24-11-18-12-25(37)26(38)16-28(18)45-34(23)24/h6-9,11-16,36-38H,10H2,1-5H3. The molecule has 0 aliphatic carbocycles. The van der Waals surface area contributed by atoms with Crippen LogP contribution in [0.3, 0.4) is 0 Å².